The standard InChI is InChI=1S/C17H23N3OS/c1-12-4-6-15(7-5-12)18-17-19-16(11-22-17)10-20-8-13(2)21-14(3)9-20/h4-7,11,13-14H,8-10H2,1-3H3,(H,18,19). The summed E-state index contributed by atoms with van der Waals surface area (Å²) < 4.78 is 5.78. The van der Waals surface area contributed by atoms with E-state index in [4.69, 9.17) is 9.72 Å². The zero-order valence-corrected chi connectivity index (χ0v) is 14.2. The molecule has 0 amide bonds. The molecule has 1 saturated heterocycles. The Hall–Kier alpha value is -1.43. The van der Waals surface area contributed by atoms with Crippen LogP contribution in [0.25, 0.3) is 0 Å². The van der Waals surface area contributed by atoms with Gasteiger partial charge in [-0.05, 0) is 32.9 Å². The summed E-state index contributed by atoms with van der Waals surface area (Å²) in [6, 6.07) is 8.38. The average molecular weight is 317 g/mol. The maximum absolute atomic E-state index is 5.78. The van der Waals surface area contributed by atoms with Crippen molar-refractivity contribution in [2.45, 2.75) is 39.5 Å². The second kappa shape index (κ2) is 6.77. The first-order valence-corrected chi connectivity index (χ1v) is 8.62. The van der Waals surface area contributed by atoms with Crippen LogP contribution in [-0.2, 0) is 11.3 Å². The Morgan fingerprint density at radius 3 is 2.59 bits per heavy atom. The van der Waals surface area contributed by atoms with Crippen molar-refractivity contribution in [3.05, 3.63) is 40.9 Å². The van der Waals surface area contributed by atoms with Crippen molar-refractivity contribution in [3.63, 3.8) is 0 Å². The van der Waals surface area contributed by atoms with E-state index in [1.54, 1.807) is 11.3 Å². The molecule has 1 aromatic carbocycles. The van der Waals surface area contributed by atoms with Gasteiger partial charge in [-0.1, -0.05) is 17.7 Å². The lowest BCUT2D eigenvalue weighted by atomic mass is 10.2. The number of aromatic nitrogens is 1. The fourth-order valence-corrected chi connectivity index (χ4v) is 3.56. The normalized spacial score (nSPS) is 22.7. The molecule has 1 aromatic heterocycles. The Kier molecular flexibility index (Phi) is 4.76. The first-order chi connectivity index (χ1) is 10.6. The molecule has 0 bridgehead atoms. The zero-order chi connectivity index (χ0) is 15.5. The molecular formula is C17H23N3OS. The van der Waals surface area contributed by atoms with Gasteiger partial charge in [0.1, 0.15) is 0 Å². The van der Waals surface area contributed by atoms with Gasteiger partial charge in [0.05, 0.1) is 17.9 Å². The van der Waals surface area contributed by atoms with Crippen LogP contribution in [0.5, 0.6) is 0 Å². The van der Waals surface area contributed by atoms with Gasteiger partial charge in [-0.25, -0.2) is 4.98 Å². The van der Waals surface area contributed by atoms with Crippen LogP contribution in [-0.4, -0.2) is 35.2 Å². The van der Waals surface area contributed by atoms with Gasteiger partial charge in [0.25, 0.3) is 0 Å². The van der Waals surface area contributed by atoms with E-state index in [0.29, 0.717) is 12.2 Å². The van der Waals surface area contributed by atoms with Crippen LogP contribution in [0.2, 0.25) is 0 Å². The number of nitrogens with zero attached hydrogens (tertiary/aromatic N) is 2. The van der Waals surface area contributed by atoms with Crippen molar-refractivity contribution in [2.75, 3.05) is 18.4 Å². The highest BCUT2D eigenvalue weighted by molar-refractivity contribution is 7.13. The number of benzene rings is 1. The monoisotopic (exact) mass is 317 g/mol. The molecule has 22 heavy (non-hydrogen) atoms. The van der Waals surface area contributed by atoms with Gasteiger partial charge in [-0.3, -0.25) is 4.90 Å². The maximum atomic E-state index is 5.78. The lowest BCUT2D eigenvalue weighted by Crippen LogP contribution is -2.44. The minimum absolute atomic E-state index is 0.299. The Morgan fingerprint density at radius 2 is 1.91 bits per heavy atom. The first-order valence-electron chi connectivity index (χ1n) is 7.74. The number of ether oxygens (including phenoxy) is 1. The van der Waals surface area contributed by atoms with Gasteiger partial charge in [0, 0.05) is 30.7 Å². The van der Waals surface area contributed by atoms with E-state index < -0.39 is 0 Å². The quantitative estimate of drug-likeness (QED) is 0.930. The molecule has 0 radical (unpaired) electrons. The third-order valence-electron chi connectivity index (χ3n) is 3.74. The van der Waals surface area contributed by atoms with E-state index in [-0.39, 0.29) is 0 Å². The van der Waals surface area contributed by atoms with E-state index in [1.807, 2.05) is 0 Å². The highest BCUT2D eigenvalue weighted by Gasteiger charge is 2.22. The van der Waals surface area contributed by atoms with Crippen molar-refractivity contribution < 1.29 is 4.74 Å². The van der Waals surface area contributed by atoms with Crippen molar-refractivity contribution in [1.82, 2.24) is 9.88 Å². The number of rotatable bonds is 4. The SMILES string of the molecule is Cc1ccc(Nc2nc(CN3CC(C)OC(C)C3)cs2)cc1. The lowest BCUT2D eigenvalue weighted by molar-refractivity contribution is -0.0707. The van der Waals surface area contributed by atoms with E-state index in [1.165, 1.54) is 5.56 Å². The van der Waals surface area contributed by atoms with Crippen LogP contribution in [0.1, 0.15) is 25.1 Å². The Morgan fingerprint density at radius 1 is 1.23 bits per heavy atom. The highest BCUT2D eigenvalue weighted by Crippen LogP contribution is 2.23. The predicted octanol–water partition coefficient (Wildman–Crippen LogP) is 3.80. The van der Waals surface area contributed by atoms with Crippen LogP contribution in [0.4, 0.5) is 10.8 Å². The summed E-state index contributed by atoms with van der Waals surface area (Å²) >= 11 is 1.66. The van der Waals surface area contributed by atoms with Crippen molar-refractivity contribution in [3.8, 4) is 0 Å². The molecule has 0 saturated carbocycles. The van der Waals surface area contributed by atoms with E-state index in [2.05, 4.69) is 60.6 Å². The number of thiazole rings is 1. The smallest absolute Gasteiger partial charge is 0.187 e. The third kappa shape index (κ3) is 4.06. The molecule has 1 aliphatic rings. The van der Waals surface area contributed by atoms with Crippen LogP contribution in [0.3, 0.4) is 0 Å². The summed E-state index contributed by atoms with van der Waals surface area (Å²) in [5, 5.41) is 6.46. The molecule has 118 valence electrons. The second-order valence-electron chi connectivity index (χ2n) is 6.09. The molecule has 0 aliphatic carbocycles. The summed E-state index contributed by atoms with van der Waals surface area (Å²) in [4.78, 5) is 7.12. The van der Waals surface area contributed by atoms with Crippen molar-refractivity contribution in [1.29, 1.82) is 0 Å². The molecule has 5 heteroatoms. The molecule has 2 atom stereocenters. The number of nitrogens with one attached hydrogen (secondary N) is 1. The van der Waals surface area contributed by atoms with Gasteiger partial charge in [0.15, 0.2) is 5.13 Å². The van der Waals surface area contributed by atoms with E-state index in [9.17, 15) is 0 Å². The van der Waals surface area contributed by atoms with Crippen LogP contribution >= 0.6 is 11.3 Å². The largest absolute Gasteiger partial charge is 0.373 e. The van der Waals surface area contributed by atoms with Gasteiger partial charge in [0.2, 0.25) is 0 Å². The van der Waals surface area contributed by atoms with Crippen molar-refractivity contribution in [2.24, 2.45) is 0 Å². The lowest BCUT2D eigenvalue weighted by Gasteiger charge is -2.34. The van der Waals surface area contributed by atoms with Gasteiger partial charge in [-0.2, -0.15) is 0 Å². The van der Waals surface area contributed by atoms with Crippen LogP contribution in [0, 0.1) is 6.92 Å². The number of anilines is 2. The number of hydrogen-bond acceptors (Lipinski definition) is 5. The highest BCUT2D eigenvalue weighted by atomic mass is 32.1. The summed E-state index contributed by atoms with van der Waals surface area (Å²) in [6.45, 7) is 9.20. The molecular weight excluding hydrogens is 294 g/mol. The molecule has 3 rings (SSSR count). The number of aryl methyl sites for hydroxylation is 1. The fraction of sp³-hybridized carbons (Fsp3) is 0.471. The Bertz CT molecular complexity index is 601. The summed E-state index contributed by atoms with van der Waals surface area (Å²) in [6.07, 6.45) is 0.597. The molecule has 1 fully saturated rings. The topological polar surface area (TPSA) is 37.4 Å². The molecule has 2 heterocycles. The number of morpholine rings is 1. The van der Waals surface area contributed by atoms with Gasteiger partial charge >= 0.3 is 0 Å². The van der Waals surface area contributed by atoms with Crippen LogP contribution in [0.15, 0.2) is 29.6 Å². The third-order valence-corrected chi connectivity index (χ3v) is 4.54. The summed E-state index contributed by atoms with van der Waals surface area (Å²) in [5.41, 5.74) is 3.47. The zero-order valence-electron chi connectivity index (χ0n) is 13.4. The minimum atomic E-state index is 0.299. The molecule has 4 nitrogen and oxygen atoms in total. The summed E-state index contributed by atoms with van der Waals surface area (Å²) in [5.74, 6) is 0. The van der Waals surface area contributed by atoms with E-state index >= 15 is 0 Å². The van der Waals surface area contributed by atoms with Crippen LogP contribution < -0.4 is 5.32 Å². The first kappa shape index (κ1) is 15.5. The fourth-order valence-electron chi connectivity index (χ4n) is 2.84. The maximum Gasteiger partial charge on any atom is 0.187 e. The number of hydrogen-bond donors (Lipinski definition) is 1. The second-order valence-corrected chi connectivity index (χ2v) is 6.94. The van der Waals surface area contributed by atoms with Gasteiger partial charge in [-0.15, -0.1) is 11.3 Å². The summed E-state index contributed by atoms with van der Waals surface area (Å²) in [7, 11) is 0. The molecule has 2 unspecified atom stereocenters. The minimum Gasteiger partial charge on any atom is -0.373 e. The molecule has 2 aromatic rings. The van der Waals surface area contributed by atoms with E-state index in [0.717, 1.165) is 36.1 Å². The predicted molar refractivity (Wildman–Crippen MR) is 91.9 cm³/mol. The van der Waals surface area contributed by atoms with Crippen molar-refractivity contribution >= 4 is 22.2 Å². The Balaban J connectivity index is 1.60. The molecule has 1 N–H and O–H groups in total. The molecule has 0 spiro atoms. The Labute approximate surface area is 136 Å². The van der Waals surface area contributed by atoms with Gasteiger partial charge < -0.3 is 10.1 Å². The molecule has 1 aliphatic heterocycles. The average Bonchev–Trinajstić information content (AvgIpc) is 2.87.